The van der Waals surface area contributed by atoms with Gasteiger partial charge in [-0.2, -0.15) is 0 Å². The summed E-state index contributed by atoms with van der Waals surface area (Å²) in [5.74, 6) is 0.650. The lowest BCUT2D eigenvalue weighted by Gasteiger charge is -2.32. The summed E-state index contributed by atoms with van der Waals surface area (Å²) in [5, 5.41) is 3.10. The molecule has 2 fully saturated rings. The second-order valence-electron chi connectivity index (χ2n) is 8.33. The molecule has 0 atom stereocenters. The third-order valence-corrected chi connectivity index (χ3v) is 6.37. The Morgan fingerprint density at radius 1 is 1.16 bits per heavy atom. The second-order valence-corrected chi connectivity index (χ2v) is 8.33. The third-order valence-electron chi connectivity index (χ3n) is 6.37. The van der Waals surface area contributed by atoms with Crippen molar-refractivity contribution < 1.29 is 9.53 Å². The van der Waals surface area contributed by atoms with E-state index in [0.29, 0.717) is 32.0 Å². The molecule has 168 valence electrons. The summed E-state index contributed by atoms with van der Waals surface area (Å²) in [7, 11) is 0. The van der Waals surface area contributed by atoms with Crippen molar-refractivity contribution in [3.63, 3.8) is 0 Å². The molecule has 2 aliphatic rings. The molecule has 0 saturated carbocycles. The van der Waals surface area contributed by atoms with Crippen molar-refractivity contribution in [2.75, 3.05) is 57.4 Å². The first-order chi connectivity index (χ1) is 15.2. The van der Waals surface area contributed by atoms with Crippen LogP contribution in [0.15, 0.2) is 29.1 Å². The SMILES string of the molecule is CCn1c(=O)c(N2CCC(C(=O)NCCCN3CCOCC3)CC2)nc2ccccc21. The highest BCUT2D eigenvalue weighted by molar-refractivity contribution is 5.79. The summed E-state index contributed by atoms with van der Waals surface area (Å²) >= 11 is 0. The van der Waals surface area contributed by atoms with Crippen LogP contribution in [0.25, 0.3) is 11.0 Å². The molecule has 0 unspecified atom stereocenters. The fourth-order valence-electron chi connectivity index (χ4n) is 4.54. The molecule has 0 bridgehead atoms. The molecular formula is C23H33N5O3. The van der Waals surface area contributed by atoms with Gasteiger partial charge in [-0.15, -0.1) is 0 Å². The number of morpholine rings is 1. The summed E-state index contributed by atoms with van der Waals surface area (Å²) in [5.41, 5.74) is 1.65. The van der Waals surface area contributed by atoms with E-state index < -0.39 is 0 Å². The zero-order valence-electron chi connectivity index (χ0n) is 18.4. The topological polar surface area (TPSA) is 79.7 Å². The first-order valence-electron chi connectivity index (χ1n) is 11.5. The quantitative estimate of drug-likeness (QED) is 0.674. The van der Waals surface area contributed by atoms with Crippen LogP contribution in [0.3, 0.4) is 0 Å². The Labute approximate surface area is 183 Å². The molecule has 1 aromatic heterocycles. The fraction of sp³-hybridized carbons (Fsp3) is 0.609. The molecule has 0 spiro atoms. The number of hydrogen-bond donors (Lipinski definition) is 1. The Morgan fingerprint density at radius 3 is 2.65 bits per heavy atom. The highest BCUT2D eigenvalue weighted by Crippen LogP contribution is 2.22. The number of nitrogens with one attached hydrogen (secondary N) is 1. The fourth-order valence-corrected chi connectivity index (χ4v) is 4.54. The molecule has 0 aliphatic carbocycles. The largest absolute Gasteiger partial charge is 0.379 e. The van der Waals surface area contributed by atoms with Gasteiger partial charge in [0.05, 0.1) is 24.2 Å². The minimum Gasteiger partial charge on any atom is -0.379 e. The van der Waals surface area contributed by atoms with Gasteiger partial charge in [0, 0.05) is 45.2 Å². The Hall–Kier alpha value is -2.45. The lowest BCUT2D eigenvalue weighted by atomic mass is 9.96. The average molecular weight is 428 g/mol. The molecular weight excluding hydrogens is 394 g/mol. The van der Waals surface area contributed by atoms with Crippen LogP contribution in [0.2, 0.25) is 0 Å². The summed E-state index contributed by atoms with van der Waals surface area (Å²) < 4.78 is 7.15. The Balaban J connectivity index is 1.30. The van der Waals surface area contributed by atoms with Gasteiger partial charge in [-0.1, -0.05) is 12.1 Å². The van der Waals surface area contributed by atoms with Gasteiger partial charge in [-0.05, 0) is 44.9 Å². The number of ether oxygens (including phenoxy) is 1. The maximum absolute atomic E-state index is 13.0. The van der Waals surface area contributed by atoms with Crippen LogP contribution in [0, 0.1) is 5.92 Å². The van der Waals surface area contributed by atoms with Gasteiger partial charge < -0.3 is 19.5 Å². The highest BCUT2D eigenvalue weighted by atomic mass is 16.5. The van der Waals surface area contributed by atoms with Gasteiger partial charge in [0.1, 0.15) is 0 Å². The monoisotopic (exact) mass is 427 g/mol. The lowest BCUT2D eigenvalue weighted by Crippen LogP contribution is -2.44. The van der Waals surface area contributed by atoms with Gasteiger partial charge in [-0.25, -0.2) is 4.98 Å². The molecule has 1 amide bonds. The first-order valence-corrected chi connectivity index (χ1v) is 11.5. The van der Waals surface area contributed by atoms with Gasteiger partial charge in [0.2, 0.25) is 5.91 Å². The van der Waals surface area contributed by atoms with E-state index in [-0.39, 0.29) is 17.4 Å². The summed E-state index contributed by atoms with van der Waals surface area (Å²) in [6.45, 7) is 9.23. The van der Waals surface area contributed by atoms with E-state index in [1.54, 1.807) is 4.57 Å². The average Bonchev–Trinajstić information content (AvgIpc) is 2.82. The number of carbonyl (C=O) groups is 1. The lowest BCUT2D eigenvalue weighted by molar-refractivity contribution is -0.125. The predicted octanol–water partition coefficient (Wildman–Crippen LogP) is 1.47. The number of hydrogen-bond acceptors (Lipinski definition) is 6. The van der Waals surface area contributed by atoms with Crippen LogP contribution in [0.4, 0.5) is 5.82 Å². The minimum absolute atomic E-state index is 0.00786. The Kier molecular flexibility index (Phi) is 7.19. The molecule has 2 aromatic rings. The van der Waals surface area contributed by atoms with E-state index in [2.05, 4.69) is 15.2 Å². The van der Waals surface area contributed by atoms with Crippen LogP contribution in [-0.4, -0.2) is 72.8 Å². The van der Waals surface area contributed by atoms with Crippen molar-refractivity contribution in [3.05, 3.63) is 34.6 Å². The maximum Gasteiger partial charge on any atom is 0.293 e. The van der Waals surface area contributed by atoms with Gasteiger partial charge in [0.25, 0.3) is 5.56 Å². The zero-order chi connectivity index (χ0) is 21.6. The molecule has 1 aromatic carbocycles. The van der Waals surface area contributed by atoms with Crippen molar-refractivity contribution in [2.24, 2.45) is 5.92 Å². The number of nitrogens with zero attached hydrogens (tertiary/aromatic N) is 4. The molecule has 8 heteroatoms. The number of rotatable bonds is 7. The second kappa shape index (κ2) is 10.2. The normalized spacial score (nSPS) is 18.4. The number of fused-ring (bicyclic) bond motifs is 1. The standard InChI is InChI=1S/C23H33N5O3/c1-2-28-20-7-4-3-6-19(20)25-21(23(28)30)27-12-8-18(9-13-27)22(29)24-10-5-11-26-14-16-31-17-15-26/h3-4,6-7,18H,2,5,8-17H2,1H3,(H,24,29). The van der Waals surface area contributed by atoms with Crippen LogP contribution >= 0.6 is 0 Å². The number of piperidine rings is 1. The number of anilines is 1. The molecule has 3 heterocycles. The van der Waals surface area contributed by atoms with Gasteiger partial charge in [0.15, 0.2) is 5.82 Å². The van der Waals surface area contributed by atoms with E-state index in [4.69, 9.17) is 4.74 Å². The number of benzene rings is 1. The number of aromatic nitrogens is 2. The molecule has 2 saturated heterocycles. The zero-order valence-corrected chi connectivity index (χ0v) is 18.4. The maximum atomic E-state index is 13.0. The van der Waals surface area contributed by atoms with Crippen LogP contribution < -0.4 is 15.8 Å². The molecule has 8 nitrogen and oxygen atoms in total. The summed E-state index contributed by atoms with van der Waals surface area (Å²) in [6.07, 6.45) is 2.45. The van der Waals surface area contributed by atoms with Crippen molar-refractivity contribution in [1.29, 1.82) is 0 Å². The van der Waals surface area contributed by atoms with Crippen molar-refractivity contribution in [2.45, 2.75) is 32.7 Å². The summed E-state index contributed by atoms with van der Waals surface area (Å²) in [6, 6.07) is 7.76. The van der Waals surface area contributed by atoms with E-state index >= 15 is 0 Å². The van der Waals surface area contributed by atoms with Crippen molar-refractivity contribution in [3.8, 4) is 0 Å². The van der Waals surface area contributed by atoms with Gasteiger partial charge >= 0.3 is 0 Å². The van der Waals surface area contributed by atoms with Crippen LogP contribution in [-0.2, 0) is 16.1 Å². The minimum atomic E-state index is -0.0489. The molecule has 4 rings (SSSR count). The highest BCUT2D eigenvalue weighted by Gasteiger charge is 2.27. The molecule has 1 N–H and O–H groups in total. The molecule has 2 aliphatic heterocycles. The van der Waals surface area contributed by atoms with Crippen LogP contribution in [0.1, 0.15) is 26.2 Å². The number of amides is 1. The van der Waals surface area contributed by atoms with Crippen LogP contribution in [0.5, 0.6) is 0 Å². The third kappa shape index (κ3) is 5.07. The van der Waals surface area contributed by atoms with E-state index in [1.807, 2.05) is 36.1 Å². The number of carbonyl (C=O) groups excluding carboxylic acids is 1. The predicted molar refractivity (Wildman–Crippen MR) is 121 cm³/mol. The molecule has 0 radical (unpaired) electrons. The molecule has 31 heavy (non-hydrogen) atoms. The smallest absolute Gasteiger partial charge is 0.293 e. The number of para-hydroxylation sites is 2. The Bertz CT molecular complexity index is 946. The van der Waals surface area contributed by atoms with Crippen molar-refractivity contribution >= 4 is 22.8 Å². The van der Waals surface area contributed by atoms with E-state index in [1.165, 1.54) is 0 Å². The van der Waals surface area contributed by atoms with Gasteiger partial charge in [-0.3, -0.25) is 14.5 Å². The first kappa shape index (κ1) is 21.8. The van der Waals surface area contributed by atoms with E-state index in [9.17, 15) is 9.59 Å². The number of aryl methyl sites for hydroxylation is 1. The Morgan fingerprint density at radius 2 is 1.90 bits per heavy atom. The van der Waals surface area contributed by atoms with E-state index in [0.717, 1.165) is 63.1 Å². The van der Waals surface area contributed by atoms with Crippen molar-refractivity contribution in [1.82, 2.24) is 19.8 Å². The summed E-state index contributed by atoms with van der Waals surface area (Å²) in [4.78, 5) is 34.7.